The van der Waals surface area contributed by atoms with Crippen molar-refractivity contribution in [1.82, 2.24) is 10.6 Å². The molecule has 1 aliphatic rings. The average molecular weight is 387 g/mol. The van der Waals surface area contributed by atoms with Crippen LogP contribution in [0.25, 0.3) is 11.1 Å². The normalized spacial score (nSPS) is 19.0. The summed E-state index contributed by atoms with van der Waals surface area (Å²) in [5.41, 5.74) is 3.57. The summed E-state index contributed by atoms with van der Waals surface area (Å²) in [6.07, 6.45) is 3.28. The SMILES string of the molecule is C=C1/C(c2ccc(CNC)c(Cl)c2)=C(O)\C=C/CNC(=O)c2sccc21. The molecule has 1 aromatic carbocycles. The van der Waals surface area contributed by atoms with Gasteiger partial charge in [0, 0.05) is 29.2 Å². The molecule has 0 saturated heterocycles. The van der Waals surface area contributed by atoms with Crippen LogP contribution in [0.5, 0.6) is 0 Å². The topological polar surface area (TPSA) is 61.4 Å². The summed E-state index contributed by atoms with van der Waals surface area (Å²) in [5.74, 6) is -0.0651. The molecule has 1 aromatic heterocycles. The van der Waals surface area contributed by atoms with Crippen molar-refractivity contribution >= 4 is 40.0 Å². The molecular formula is C20H19ClN2O2S. The van der Waals surface area contributed by atoms with Crippen molar-refractivity contribution in [3.63, 3.8) is 0 Å². The van der Waals surface area contributed by atoms with Gasteiger partial charge in [-0.2, -0.15) is 0 Å². The van der Waals surface area contributed by atoms with Crippen molar-refractivity contribution in [2.45, 2.75) is 6.54 Å². The molecule has 0 unspecified atom stereocenters. The van der Waals surface area contributed by atoms with Crippen LogP contribution < -0.4 is 10.6 Å². The predicted molar refractivity (Wildman–Crippen MR) is 109 cm³/mol. The predicted octanol–water partition coefficient (Wildman–Crippen LogP) is 4.40. The van der Waals surface area contributed by atoms with Crippen molar-refractivity contribution in [1.29, 1.82) is 0 Å². The van der Waals surface area contributed by atoms with Crippen molar-refractivity contribution in [2.24, 2.45) is 0 Å². The second kappa shape index (κ2) is 7.91. The van der Waals surface area contributed by atoms with Gasteiger partial charge in [0.15, 0.2) is 0 Å². The minimum Gasteiger partial charge on any atom is -0.507 e. The van der Waals surface area contributed by atoms with Crippen LogP contribution in [-0.2, 0) is 6.54 Å². The van der Waals surface area contributed by atoms with Gasteiger partial charge in [0.05, 0.1) is 4.88 Å². The lowest BCUT2D eigenvalue weighted by Gasteiger charge is -2.16. The molecule has 0 atom stereocenters. The summed E-state index contributed by atoms with van der Waals surface area (Å²) in [6, 6.07) is 7.49. The summed E-state index contributed by atoms with van der Waals surface area (Å²) in [6.45, 7) is 5.14. The molecule has 0 radical (unpaired) electrons. The fourth-order valence-electron chi connectivity index (χ4n) is 2.86. The van der Waals surface area contributed by atoms with Crippen LogP contribution in [0.1, 0.15) is 26.4 Å². The second-order valence-corrected chi connectivity index (χ2v) is 7.17. The van der Waals surface area contributed by atoms with E-state index >= 15 is 0 Å². The molecule has 0 aliphatic carbocycles. The lowest BCUT2D eigenvalue weighted by atomic mass is 9.91. The molecule has 4 nitrogen and oxygen atoms in total. The summed E-state index contributed by atoms with van der Waals surface area (Å²) in [7, 11) is 1.86. The quantitative estimate of drug-likeness (QED) is 0.732. The Morgan fingerprint density at radius 1 is 1.38 bits per heavy atom. The summed E-state index contributed by atoms with van der Waals surface area (Å²) < 4.78 is 0. The Morgan fingerprint density at radius 2 is 2.19 bits per heavy atom. The molecule has 3 rings (SSSR count). The lowest BCUT2D eigenvalue weighted by molar-refractivity contribution is 0.0961. The lowest BCUT2D eigenvalue weighted by Crippen LogP contribution is -2.23. The number of aliphatic hydroxyl groups excluding tert-OH is 1. The zero-order valence-electron chi connectivity index (χ0n) is 14.3. The fraction of sp³-hybridized carbons (Fsp3) is 0.150. The van der Waals surface area contributed by atoms with E-state index in [1.807, 2.05) is 36.7 Å². The molecule has 1 aliphatic heterocycles. The second-order valence-electron chi connectivity index (χ2n) is 5.85. The number of thiophene rings is 1. The Hall–Kier alpha value is -2.34. The number of aliphatic hydroxyl groups is 1. The van der Waals surface area contributed by atoms with Crippen molar-refractivity contribution in [3.8, 4) is 0 Å². The van der Waals surface area contributed by atoms with Crippen molar-refractivity contribution in [2.75, 3.05) is 13.6 Å². The molecule has 2 aromatic rings. The third-order valence-electron chi connectivity index (χ3n) is 4.12. The molecular weight excluding hydrogens is 368 g/mol. The first-order chi connectivity index (χ1) is 12.5. The highest BCUT2D eigenvalue weighted by Crippen LogP contribution is 2.37. The molecule has 0 fully saturated rings. The summed E-state index contributed by atoms with van der Waals surface area (Å²) in [5, 5.41) is 19.0. The molecule has 0 bridgehead atoms. The van der Waals surface area contributed by atoms with Gasteiger partial charge in [0.1, 0.15) is 5.76 Å². The van der Waals surface area contributed by atoms with E-state index in [1.165, 1.54) is 11.3 Å². The van der Waals surface area contributed by atoms with Crippen LogP contribution in [-0.4, -0.2) is 24.6 Å². The van der Waals surface area contributed by atoms with E-state index in [1.54, 1.807) is 12.2 Å². The van der Waals surface area contributed by atoms with Crippen LogP contribution in [0, 0.1) is 0 Å². The van der Waals surface area contributed by atoms with E-state index in [9.17, 15) is 9.90 Å². The maximum absolute atomic E-state index is 12.3. The summed E-state index contributed by atoms with van der Waals surface area (Å²) in [4.78, 5) is 12.9. The van der Waals surface area contributed by atoms with Gasteiger partial charge >= 0.3 is 0 Å². The number of hydrogen-bond donors (Lipinski definition) is 3. The number of carbonyl (C=O) groups excluding carboxylic acids is 1. The Balaban J connectivity index is 2.15. The monoisotopic (exact) mass is 386 g/mol. The molecule has 6 heteroatoms. The van der Waals surface area contributed by atoms with Gasteiger partial charge in [-0.3, -0.25) is 4.79 Å². The molecule has 3 N–H and O–H groups in total. The van der Waals surface area contributed by atoms with Crippen molar-refractivity contribution < 1.29 is 9.90 Å². The molecule has 1 amide bonds. The van der Waals surface area contributed by atoms with E-state index in [2.05, 4.69) is 17.2 Å². The highest BCUT2D eigenvalue weighted by molar-refractivity contribution is 7.12. The van der Waals surface area contributed by atoms with Crippen LogP contribution >= 0.6 is 22.9 Å². The minimum atomic E-state index is -0.149. The fourth-order valence-corrected chi connectivity index (χ4v) is 3.94. The third-order valence-corrected chi connectivity index (χ3v) is 5.38. The van der Waals surface area contributed by atoms with Gasteiger partial charge in [-0.15, -0.1) is 11.3 Å². The van der Waals surface area contributed by atoms with Crippen LogP contribution in [0.3, 0.4) is 0 Å². The maximum atomic E-state index is 12.3. The molecule has 0 spiro atoms. The zero-order valence-corrected chi connectivity index (χ0v) is 15.9. The first kappa shape index (κ1) is 18.5. The maximum Gasteiger partial charge on any atom is 0.262 e. The first-order valence-electron chi connectivity index (χ1n) is 8.11. The number of halogens is 1. The van der Waals surface area contributed by atoms with E-state index in [0.717, 1.165) is 11.1 Å². The van der Waals surface area contributed by atoms with Gasteiger partial charge in [-0.05, 0) is 47.3 Å². The smallest absolute Gasteiger partial charge is 0.262 e. The van der Waals surface area contributed by atoms with Gasteiger partial charge in [-0.1, -0.05) is 36.4 Å². The number of benzene rings is 1. The summed E-state index contributed by atoms with van der Waals surface area (Å²) >= 11 is 7.75. The Labute approximate surface area is 161 Å². The van der Waals surface area contributed by atoms with Crippen LogP contribution in [0.4, 0.5) is 0 Å². The van der Waals surface area contributed by atoms with E-state index in [0.29, 0.717) is 39.7 Å². The molecule has 2 heterocycles. The van der Waals surface area contributed by atoms with Gasteiger partial charge < -0.3 is 15.7 Å². The Bertz CT molecular complexity index is 928. The van der Waals surface area contributed by atoms with E-state index in [4.69, 9.17) is 11.6 Å². The van der Waals surface area contributed by atoms with E-state index in [-0.39, 0.29) is 11.7 Å². The van der Waals surface area contributed by atoms with Crippen molar-refractivity contribution in [3.05, 3.63) is 80.7 Å². The highest BCUT2D eigenvalue weighted by atomic mass is 35.5. The molecule has 0 saturated carbocycles. The number of rotatable bonds is 3. The average Bonchev–Trinajstić information content (AvgIpc) is 3.10. The van der Waals surface area contributed by atoms with Gasteiger partial charge in [0.25, 0.3) is 5.91 Å². The highest BCUT2D eigenvalue weighted by Gasteiger charge is 2.21. The zero-order chi connectivity index (χ0) is 18.7. The number of fused-ring (bicyclic) bond motifs is 1. The van der Waals surface area contributed by atoms with Crippen LogP contribution in [0.15, 0.2) is 54.1 Å². The number of amides is 1. The minimum absolute atomic E-state index is 0.0840. The van der Waals surface area contributed by atoms with Gasteiger partial charge in [0.2, 0.25) is 0 Å². The first-order valence-corrected chi connectivity index (χ1v) is 9.37. The standard InChI is InChI=1S/C20H19ClN2O2S/c1-12-15-7-9-26-19(15)20(25)23-8-3-4-17(24)18(12)13-5-6-14(11-22-2)16(21)10-13/h3-7,9-10,22,24H,1,8,11H2,2H3,(H,23,25)/b4-3-,18-17-. The number of carbonyl (C=O) groups is 1. The Kier molecular flexibility index (Phi) is 5.61. The molecule has 134 valence electrons. The van der Waals surface area contributed by atoms with Crippen LogP contribution in [0.2, 0.25) is 5.02 Å². The number of nitrogens with one attached hydrogen (secondary N) is 2. The third kappa shape index (κ3) is 3.60. The number of hydrogen-bond acceptors (Lipinski definition) is 4. The van der Waals surface area contributed by atoms with Gasteiger partial charge in [-0.25, -0.2) is 0 Å². The molecule has 26 heavy (non-hydrogen) atoms. The Morgan fingerprint density at radius 3 is 2.92 bits per heavy atom. The van der Waals surface area contributed by atoms with E-state index < -0.39 is 0 Å². The largest absolute Gasteiger partial charge is 0.507 e. The number of allylic oxidation sites excluding steroid dienone is 3.